The summed E-state index contributed by atoms with van der Waals surface area (Å²) in [5.74, 6) is 0.458. The van der Waals surface area contributed by atoms with Crippen molar-refractivity contribution in [3.63, 3.8) is 0 Å². The molecule has 4 heteroatoms. The molecular formula is C15H22N2O2. The van der Waals surface area contributed by atoms with Crippen LogP contribution in [0.2, 0.25) is 0 Å². The van der Waals surface area contributed by atoms with Gasteiger partial charge in [-0.2, -0.15) is 0 Å². The molecule has 2 atom stereocenters. The van der Waals surface area contributed by atoms with Gasteiger partial charge in [0.25, 0.3) is 0 Å². The molecule has 1 aliphatic heterocycles. The number of benzene rings is 1. The van der Waals surface area contributed by atoms with Gasteiger partial charge in [-0.05, 0) is 37.1 Å². The standard InChI is InChI=1S/C15H22N2O2/c1-10-5-3-4-6-13(10)14(18)9-17-15(19)11(2)12-7-16-8-12/h3-6,11-12,14,16,18H,7-9H2,1-2H3,(H,17,19). The quantitative estimate of drug-likeness (QED) is 0.742. The van der Waals surface area contributed by atoms with Crippen LogP contribution < -0.4 is 10.6 Å². The van der Waals surface area contributed by atoms with Crippen molar-refractivity contribution in [1.29, 1.82) is 0 Å². The van der Waals surface area contributed by atoms with E-state index >= 15 is 0 Å². The van der Waals surface area contributed by atoms with Crippen molar-refractivity contribution < 1.29 is 9.90 Å². The number of aryl methyl sites for hydroxylation is 1. The summed E-state index contributed by atoms with van der Waals surface area (Å²) in [5.41, 5.74) is 1.92. The fourth-order valence-electron chi connectivity index (χ4n) is 2.31. The van der Waals surface area contributed by atoms with Crippen LogP contribution in [0, 0.1) is 18.8 Å². The van der Waals surface area contributed by atoms with Gasteiger partial charge >= 0.3 is 0 Å². The minimum Gasteiger partial charge on any atom is -0.387 e. The number of hydrogen-bond donors (Lipinski definition) is 3. The van der Waals surface area contributed by atoms with Crippen molar-refractivity contribution in [2.75, 3.05) is 19.6 Å². The first kappa shape index (κ1) is 14.0. The predicted molar refractivity (Wildman–Crippen MR) is 74.7 cm³/mol. The van der Waals surface area contributed by atoms with Crippen molar-refractivity contribution in [3.8, 4) is 0 Å². The maximum atomic E-state index is 11.9. The van der Waals surface area contributed by atoms with Gasteiger partial charge in [-0.3, -0.25) is 4.79 Å². The lowest BCUT2D eigenvalue weighted by atomic mass is 9.88. The zero-order valence-corrected chi connectivity index (χ0v) is 11.5. The Morgan fingerprint density at radius 3 is 2.74 bits per heavy atom. The van der Waals surface area contributed by atoms with Gasteiger partial charge in [0.1, 0.15) is 0 Å². The summed E-state index contributed by atoms with van der Waals surface area (Å²) in [6, 6.07) is 7.69. The lowest BCUT2D eigenvalue weighted by Gasteiger charge is -2.31. The van der Waals surface area contributed by atoms with Crippen molar-refractivity contribution in [1.82, 2.24) is 10.6 Å². The van der Waals surface area contributed by atoms with Crippen LogP contribution >= 0.6 is 0 Å². The van der Waals surface area contributed by atoms with Gasteiger partial charge in [0.2, 0.25) is 5.91 Å². The first-order valence-electron chi connectivity index (χ1n) is 6.81. The monoisotopic (exact) mass is 262 g/mol. The van der Waals surface area contributed by atoms with Gasteiger partial charge in [-0.25, -0.2) is 0 Å². The highest BCUT2D eigenvalue weighted by atomic mass is 16.3. The van der Waals surface area contributed by atoms with E-state index in [0.29, 0.717) is 5.92 Å². The molecule has 1 aromatic rings. The van der Waals surface area contributed by atoms with E-state index in [1.165, 1.54) is 0 Å². The molecule has 0 aromatic heterocycles. The van der Waals surface area contributed by atoms with Crippen LogP contribution in [-0.4, -0.2) is 30.6 Å². The summed E-state index contributed by atoms with van der Waals surface area (Å²) in [5, 5.41) is 16.1. The molecule has 2 unspecified atom stereocenters. The molecule has 1 amide bonds. The SMILES string of the molecule is Cc1ccccc1C(O)CNC(=O)C(C)C1CNC1. The van der Waals surface area contributed by atoms with Crippen LogP contribution in [0.25, 0.3) is 0 Å². The fourth-order valence-corrected chi connectivity index (χ4v) is 2.31. The highest BCUT2D eigenvalue weighted by Crippen LogP contribution is 2.18. The molecule has 2 rings (SSSR count). The van der Waals surface area contributed by atoms with E-state index in [-0.39, 0.29) is 18.4 Å². The minimum absolute atomic E-state index is 0.00493. The summed E-state index contributed by atoms with van der Waals surface area (Å²) in [6.07, 6.45) is -0.642. The van der Waals surface area contributed by atoms with Gasteiger partial charge in [0, 0.05) is 12.5 Å². The third-order valence-electron chi connectivity index (χ3n) is 3.95. The van der Waals surface area contributed by atoms with Crippen LogP contribution in [0.15, 0.2) is 24.3 Å². The average molecular weight is 262 g/mol. The number of aliphatic hydroxyl groups is 1. The molecule has 1 saturated heterocycles. The Hall–Kier alpha value is -1.39. The Balaban J connectivity index is 1.84. The molecule has 0 saturated carbocycles. The van der Waals surface area contributed by atoms with Gasteiger partial charge in [-0.1, -0.05) is 31.2 Å². The molecule has 1 aliphatic rings. The summed E-state index contributed by atoms with van der Waals surface area (Å²) in [4.78, 5) is 11.9. The number of nitrogens with one attached hydrogen (secondary N) is 2. The van der Waals surface area contributed by atoms with E-state index in [4.69, 9.17) is 0 Å². The first-order chi connectivity index (χ1) is 9.09. The lowest BCUT2D eigenvalue weighted by molar-refractivity contribution is -0.127. The predicted octanol–water partition coefficient (Wildman–Crippen LogP) is 1.00. The van der Waals surface area contributed by atoms with Gasteiger partial charge < -0.3 is 15.7 Å². The Bertz CT molecular complexity index is 444. The summed E-state index contributed by atoms with van der Waals surface area (Å²) in [6.45, 7) is 6.00. The molecule has 3 N–H and O–H groups in total. The normalized spacial score (nSPS) is 18.5. The van der Waals surface area contributed by atoms with Crippen LogP contribution in [0.1, 0.15) is 24.2 Å². The topological polar surface area (TPSA) is 61.4 Å². The van der Waals surface area contributed by atoms with Crippen molar-refractivity contribution in [3.05, 3.63) is 35.4 Å². The highest BCUT2D eigenvalue weighted by Gasteiger charge is 2.28. The second-order valence-corrected chi connectivity index (χ2v) is 5.32. The zero-order valence-electron chi connectivity index (χ0n) is 11.5. The van der Waals surface area contributed by atoms with Gasteiger partial charge in [0.05, 0.1) is 6.10 Å². The molecule has 0 bridgehead atoms. The number of amides is 1. The Morgan fingerprint density at radius 2 is 2.16 bits per heavy atom. The third-order valence-corrected chi connectivity index (χ3v) is 3.95. The van der Waals surface area contributed by atoms with Crippen molar-refractivity contribution in [2.24, 2.45) is 11.8 Å². The molecule has 104 valence electrons. The first-order valence-corrected chi connectivity index (χ1v) is 6.81. The average Bonchev–Trinajstić information content (AvgIpc) is 2.34. The number of aliphatic hydroxyl groups excluding tert-OH is 1. The van der Waals surface area contributed by atoms with Crippen LogP contribution in [0.5, 0.6) is 0 Å². The van der Waals surface area contributed by atoms with Crippen LogP contribution in [0.4, 0.5) is 0 Å². The lowest BCUT2D eigenvalue weighted by Crippen LogP contribution is -2.50. The molecule has 1 heterocycles. The Morgan fingerprint density at radius 1 is 1.47 bits per heavy atom. The second-order valence-electron chi connectivity index (χ2n) is 5.32. The summed E-state index contributed by atoms with van der Waals surface area (Å²) >= 11 is 0. The molecule has 0 spiro atoms. The van der Waals surface area contributed by atoms with E-state index in [2.05, 4.69) is 10.6 Å². The van der Waals surface area contributed by atoms with Gasteiger partial charge in [0.15, 0.2) is 0 Å². The van der Waals surface area contributed by atoms with E-state index in [9.17, 15) is 9.90 Å². The van der Waals surface area contributed by atoms with Crippen molar-refractivity contribution >= 4 is 5.91 Å². The Labute approximate surface area is 114 Å². The molecule has 19 heavy (non-hydrogen) atoms. The number of hydrogen-bond acceptors (Lipinski definition) is 3. The van der Waals surface area contributed by atoms with Crippen LogP contribution in [0.3, 0.4) is 0 Å². The van der Waals surface area contributed by atoms with E-state index in [1.807, 2.05) is 38.1 Å². The maximum Gasteiger partial charge on any atom is 0.223 e. The molecule has 0 aliphatic carbocycles. The molecular weight excluding hydrogens is 240 g/mol. The minimum atomic E-state index is -0.642. The fraction of sp³-hybridized carbons (Fsp3) is 0.533. The highest BCUT2D eigenvalue weighted by molar-refractivity contribution is 5.78. The molecule has 4 nitrogen and oxygen atoms in total. The summed E-state index contributed by atoms with van der Waals surface area (Å²) < 4.78 is 0. The summed E-state index contributed by atoms with van der Waals surface area (Å²) in [7, 11) is 0. The number of carbonyl (C=O) groups excluding carboxylic acids is 1. The smallest absolute Gasteiger partial charge is 0.223 e. The Kier molecular flexibility index (Phi) is 4.56. The zero-order chi connectivity index (χ0) is 13.8. The molecule has 0 radical (unpaired) electrons. The molecule has 1 fully saturated rings. The van der Waals surface area contributed by atoms with E-state index < -0.39 is 6.10 Å². The largest absolute Gasteiger partial charge is 0.387 e. The maximum absolute atomic E-state index is 11.9. The van der Waals surface area contributed by atoms with Crippen molar-refractivity contribution in [2.45, 2.75) is 20.0 Å². The van der Waals surface area contributed by atoms with Gasteiger partial charge in [-0.15, -0.1) is 0 Å². The second kappa shape index (κ2) is 6.17. The van der Waals surface area contributed by atoms with Crippen LogP contribution in [-0.2, 0) is 4.79 Å². The molecule has 1 aromatic carbocycles. The number of rotatable bonds is 5. The van der Waals surface area contributed by atoms with E-state index in [0.717, 1.165) is 24.2 Å². The third kappa shape index (κ3) is 3.33. The number of carbonyl (C=O) groups is 1. The van der Waals surface area contributed by atoms with E-state index in [1.54, 1.807) is 0 Å².